The molecule has 16 heteroatoms. The Morgan fingerprint density at radius 3 is 1.69 bits per heavy atom. The molecule has 7 rings (SSSR count). The minimum Gasteiger partial charge on any atom is -0.457 e. The molecule has 2 N–H and O–H groups in total. The molecule has 0 spiro atoms. The molecule has 4 aromatic heterocycles. The van der Waals surface area contributed by atoms with E-state index in [2.05, 4.69) is 41.0 Å². The number of hydrogen-bond donors (Lipinski definition) is 2. The van der Waals surface area contributed by atoms with E-state index in [0.717, 1.165) is 11.4 Å². The summed E-state index contributed by atoms with van der Waals surface area (Å²) in [6.07, 6.45) is 5.72. The van der Waals surface area contributed by atoms with Gasteiger partial charge < -0.3 is 28.9 Å². The van der Waals surface area contributed by atoms with E-state index in [9.17, 15) is 4.79 Å². The number of halogens is 2. The number of anilines is 3. The zero-order chi connectivity index (χ0) is 35.6. The lowest BCUT2D eigenvalue weighted by molar-refractivity contribution is 0.258. The van der Waals surface area contributed by atoms with Crippen molar-refractivity contribution in [3.8, 4) is 46.2 Å². The summed E-state index contributed by atoms with van der Waals surface area (Å²) in [6, 6.07) is 26.2. The second kappa shape index (κ2) is 16.3. The number of ether oxygens (including phenoxy) is 2. The fraction of sp³-hybridized carbons (Fsp3) is 0.0571. The molecule has 256 valence electrons. The van der Waals surface area contributed by atoms with E-state index in [1.165, 1.54) is 17.7 Å². The summed E-state index contributed by atoms with van der Waals surface area (Å²) in [4.78, 5) is 22.3. The minimum atomic E-state index is -0.328. The van der Waals surface area contributed by atoms with Crippen molar-refractivity contribution >= 4 is 46.3 Å². The number of carbonyl (C=O) groups is 1. The van der Waals surface area contributed by atoms with Gasteiger partial charge in [-0.2, -0.15) is 0 Å². The first-order chi connectivity index (χ1) is 24.8. The van der Waals surface area contributed by atoms with Gasteiger partial charge in [0.15, 0.2) is 0 Å². The molecular formula is C35H27Cl2N9O5. The minimum absolute atomic E-state index is 0.301. The van der Waals surface area contributed by atoms with Crippen molar-refractivity contribution in [2.45, 2.75) is 0 Å². The van der Waals surface area contributed by atoms with Gasteiger partial charge in [0.2, 0.25) is 12.8 Å². The SMILES string of the molecule is CN(C(=O)Nc1ccc(Cl)c(Cl)c1)c1ccc(Oc2ccnc(-c3nnco3)c2)cc1.CNc1ccc(Oc2ccnc(-c3nnco3)c2)cc1. The lowest BCUT2D eigenvalue weighted by Gasteiger charge is -2.18. The second-order valence-electron chi connectivity index (χ2n) is 10.3. The molecule has 3 aromatic carbocycles. The Kier molecular flexibility index (Phi) is 11.0. The third kappa shape index (κ3) is 9.14. The van der Waals surface area contributed by atoms with Crippen LogP contribution in [0.3, 0.4) is 0 Å². The summed E-state index contributed by atoms with van der Waals surface area (Å²) in [7, 11) is 3.53. The average Bonchev–Trinajstić information content (AvgIpc) is 3.90. The zero-order valence-corrected chi connectivity index (χ0v) is 28.4. The highest BCUT2D eigenvalue weighted by Crippen LogP contribution is 2.29. The van der Waals surface area contributed by atoms with Crippen LogP contribution in [0, 0.1) is 0 Å². The van der Waals surface area contributed by atoms with Crippen LogP contribution in [0.2, 0.25) is 10.0 Å². The van der Waals surface area contributed by atoms with Crippen LogP contribution in [0.25, 0.3) is 23.2 Å². The quantitative estimate of drug-likeness (QED) is 0.145. The summed E-state index contributed by atoms with van der Waals surface area (Å²) in [5, 5.41) is 21.5. The van der Waals surface area contributed by atoms with E-state index >= 15 is 0 Å². The Morgan fingerprint density at radius 1 is 0.667 bits per heavy atom. The van der Waals surface area contributed by atoms with Gasteiger partial charge in [-0.05, 0) is 78.9 Å². The maximum Gasteiger partial charge on any atom is 0.326 e. The number of hydrogen-bond acceptors (Lipinski definition) is 12. The second-order valence-corrected chi connectivity index (χ2v) is 11.1. The number of nitrogens with zero attached hydrogens (tertiary/aromatic N) is 7. The van der Waals surface area contributed by atoms with E-state index < -0.39 is 0 Å². The number of amides is 2. The van der Waals surface area contributed by atoms with Crippen LogP contribution in [-0.2, 0) is 0 Å². The van der Waals surface area contributed by atoms with Crippen molar-refractivity contribution in [2.24, 2.45) is 0 Å². The smallest absolute Gasteiger partial charge is 0.326 e. The number of nitrogens with one attached hydrogen (secondary N) is 2. The van der Waals surface area contributed by atoms with Gasteiger partial charge in [0.05, 0.1) is 10.0 Å². The summed E-state index contributed by atoms with van der Waals surface area (Å²) in [5.74, 6) is 3.21. The van der Waals surface area contributed by atoms with Crippen molar-refractivity contribution in [3.63, 3.8) is 0 Å². The Labute approximate surface area is 301 Å². The molecule has 0 bridgehead atoms. The van der Waals surface area contributed by atoms with Gasteiger partial charge in [-0.25, -0.2) is 4.79 Å². The number of rotatable bonds is 9. The molecule has 0 aliphatic heterocycles. The zero-order valence-electron chi connectivity index (χ0n) is 26.9. The third-order valence-corrected chi connectivity index (χ3v) is 7.67. The molecule has 2 amide bonds. The molecule has 0 saturated heterocycles. The molecule has 0 radical (unpaired) electrons. The topological polar surface area (TPSA) is 166 Å². The van der Waals surface area contributed by atoms with Crippen molar-refractivity contribution in [1.29, 1.82) is 0 Å². The average molecular weight is 725 g/mol. The molecule has 0 aliphatic rings. The maximum atomic E-state index is 12.5. The van der Waals surface area contributed by atoms with Crippen LogP contribution in [0.4, 0.5) is 21.9 Å². The number of pyridine rings is 2. The van der Waals surface area contributed by atoms with Crippen LogP contribution >= 0.6 is 23.2 Å². The van der Waals surface area contributed by atoms with Gasteiger partial charge in [0.25, 0.3) is 11.8 Å². The lowest BCUT2D eigenvalue weighted by Crippen LogP contribution is -2.31. The molecule has 51 heavy (non-hydrogen) atoms. The van der Waals surface area contributed by atoms with Crippen LogP contribution in [0.15, 0.2) is 125 Å². The normalized spacial score (nSPS) is 10.4. The van der Waals surface area contributed by atoms with Crippen LogP contribution < -0.4 is 25.0 Å². The van der Waals surface area contributed by atoms with E-state index in [4.69, 9.17) is 41.5 Å². The fourth-order valence-corrected chi connectivity index (χ4v) is 4.65. The van der Waals surface area contributed by atoms with Crippen LogP contribution in [-0.4, -0.2) is 50.5 Å². The summed E-state index contributed by atoms with van der Waals surface area (Å²) < 4.78 is 21.9. The first-order valence-electron chi connectivity index (χ1n) is 15.0. The molecule has 0 fully saturated rings. The number of carbonyl (C=O) groups excluding carboxylic acids is 1. The Balaban J connectivity index is 0.000000193. The van der Waals surface area contributed by atoms with Crippen LogP contribution in [0.5, 0.6) is 23.0 Å². The van der Waals surface area contributed by atoms with Gasteiger partial charge in [0.1, 0.15) is 34.4 Å². The van der Waals surface area contributed by atoms with Gasteiger partial charge >= 0.3 is 6.03 Å². The largest absolute Gasteiger partial charge is 0.457 e. The van der Waals surface area contributed by atoms with Crippen molar-refractivity contribution in [2.75, 3.05) is 29.6 Å². The predicted molar refractivity (Wildman–Crippen MR) is 192 cm³/mol. The standard InChI is InChI=1S/C21H15Cl2N5O3.C14H12N4O2/c1-28(21(29)26-13-2-7-17(22)18(23)10-13)14-3-5-15(6-4-14)31-16-8-9-24-19(11-16)20-27-25-12-30-20;1-15-10-2-4-11(5-3-10)20-12-6-7-16-13(8-12)14-18-17-9-19-14/h2-12H,1H3,(H,26,29);2-9,15H,1H3. The number of urea groups is 1. The molecule has 0 atom stereocenters. The van der Waals surface area contributed by atoms with Crippen molar-refractivity contribution < 1.29 is 23.1 Å². The van der Waals surface area contributed by atoms with Crippen molar-refractivity contribution in [3.05, 3.63) is 126 Å². The molecule has 4 heterocycles. The summed E-state index contributed by atoms with van der Waals surface area (Å²) in [5.41, 5.74) is 3.32. The van der Waals surface area contributed by atoms with Crippen molar-refractivity contribution in [1.82, 2.24) is 30.4 Å². The summed E-state index contributed by atoms with van der Waals surface area (Å²) >= 11 is 11.9. The molecule has 0 aliphatic carbocycles. The van der Waals surface area contributed by atoms with E-state index in [0.29, 0.717) is 61.8 Å². The molecule has 0 unspecified atom stereocenters. The first-order valence-corrected chi connectivity index (χ1v) is 15.8. The number of benzene rings is 3. The highest BCUT2D eigenvalue weighted by Gasteiger charge is 2.13. The Hall–Kier alpha value is -6.51. The monoisotopic (exact) mass is 723 g/mol. The molecule has 14 nitrogen and oxygen atoms in total. The highest BCUT2D eigenvalue weighted by molar-refractivity contribution is 6.42. The number of aromatic nitrogens is 6. The summed E-state index contributed by atoms with van der Waals surface area (Å²) in [6.45, 7) is 0. The van der Waals surface area contributed by atoms with Gasteiger partial charge in [-0.15, -0.1) is 20.4 Å². The van der Waals surface area contributed by atoms with Gasteiger partial charge in [-0.1, -0.05) is 23.2 Å². The van der Waals surface area contributed by atoms with Gasteiger partial charge in [-0.3, -0.25) is 14.9 Å². The highest BCUT2D eigenvalue weighted by atomic mass is 35.5. The van der Waals surface area contributed by atoms with E-state index in [-0.39, 0.29) is 6.03 Å². The molecule has 0 saturated carbocycles. The molecular weight excluding hydrogens is 697 g/mol. The lowest BCUT2D eigenvalue weighted by atomic mass is 10.2. The molecule has 7 aromatic rings. The third-order valence-electron chi connectivity index (χ3n) is 6.94. The Bertz CT molecular complexity index is 2190. The van der Waals surface area contributed by atoms with E-state index in [1.807, 2.05) is 31.3 Å². The predicted octanol–water partition coefficient (Wildman–Crippen LogP) is 8.86. The first kappa shape index (κ1) is 34.4. The van der Waals surface area contributed by atoms with Crippen LogP contribution in [0.1, 0.15) is 0 Å². The Morgan fingerprint density at radius 2 is 1.20 bits per heavy atom. The maximum absolute atomic E-state index is 12.5. The van der Waals surface area contributed by atoms with E-state index in [1.54, 1.807) is 86.2 Å². The fourth-order valence-electron chi connectivity index (χ4n) is 4.35. The van der Waals surface area contributed by atoms with Gasteiger partial charge in [0, 0.05) is 55.7 Å².